The number of carbonyl (C=O) groups is 2. The van der Waals surface area contributed by atoms with E-state index in [1.807, 2.05) is 36.5 Å². The summed E-state index contributed by atoms with van der Waals surface area (Å²) in [5.74, 6) is 8.16. The Labute approximate surface area is 252 Å². The Morgan fingerprint density at radius 3 is 2.53 bits per heavy atom. The van der Waals surface area contributed by atoms with Crippen LogP contribution in [-0.2, 0) is 16.0 Å². The Hall–Kier alpha value is -4.62. The van der Waals surface area contributed by atoms with E-state index in [4.69, 9.17) is 0 Å². The van der Waals surface area contributed by atoms with Gasteiger partial charge in [0.15, 0.2) is 0 Å². The lowest BCUT2D eigenvalue weighted by molar-refractivity contribution is -0.120. The van der Waals surface area contributed by atoms with Gasteiger partial charge in [-0.25, -0.2) is 14.8 Å². The first-order valence-electron chi connectivity index (χ1n) is 15.0. The minimum atomic E-state index is -0.625. The zero-order chi connectivity index (χ0) is 30.4. The molecule has 43 heavy (non-hydrogen) atoms. The number of hydrogen-bond acceptors (Lipinski definition) is 6. The summed E-state index contributed by atoms with van der Waals surface area (Å²) in [5, 5.41) is 8.59. The van der Waals surface area contributed by atoms with Crippen LogP contribution in [0.25, 0.3) is 22.3 Å². The Kier molecular flexibility index (Phi) is 11.7. The van der Waals surface area contributed by atoms with Crippen molar-refractivity contribution in [3.63, 3.8) is 0 Å². The molecule has 1 aliphatic rings. The molecule has 1 saturated heterocycles. The first-order chi connectivity index (χ1) is 21.0. The van der Waals surface area contributed by atoms with Gasteiger partial charge in [-0.1, -0.05) is 44.2 Å². The fraction of sp³-hybridized carbons (Fsp3) is 0.394. The molecule has 5 N–H and O–H groups in total. The summed E-state index contributed by atoms with van der Waals surface area (Å²) in [6.07, 6.45) is 7.27. The van der Waals surface area contributed by atoms with E-state index in [-0.39, 0.29) is 12.5 Å². The van der Waals surface area contributed by atoms with Crippen LogP contribution in [0.15, 0.2) is 48.7 Å². The van der Waals surface area contributed by atoms with E-state index in [0.717, 1.165) is 77.3 Å². The van der Waals surface area contributed by atoms with E-state index in [1.165, 1.54) is 20.0 Å². The third-order valence-corrected chi connectivity index (χ3v) is 6.81. The van der Waals surface area contributed by atoms with Gasteiger partial charge in [-0.2, -0.15) is 0 Å². The van der Waals surface area contributed by atoms with E-state index < -0.39 is 6.09 Å². The lowest BCUT2D eigenvalue weighted by atomic mass is 10.1. The van der Waals surface area contributed by atoms with Crippen molar-refractivity contribution in [3.8, 4) is 23.1 Å². The minimum absolute atomic E-state index is 0.100. The van der Waals surface area contributed by atoms with Gasteiger partial charge in [-0.05, 0) is 68.1 Å². The first kappa shape index (κ1) is 31.3. The van der Waals surface area contributed by atoms with E-state index in [0.29, 0.717) is 12.6 Å². The number of fused-ring (bicyclic) bond motifs is 1. The maximum Gasteiger partial charge on any atom is 0.407 e. The van der Waals surface area contributed by atoms with Gasteiger partial charge in [-0.3, -0.25) is 4.79 Å². The normalized spacial score (nSPS) is 13.9. The summed E-state index contributed by atoms with van der Waals surface area (Å²) >= 11 is 0. The molecular weight excluding hydrogens is 542 g/mol. The van der Waals surface area contributed by atoms with Crippen molar-refractivity contribution in [1.29, 1.82) is 0 Å². The monoisotopic (exact) mass is 583 g/mol. The number of hydrogen-bond donors (Lipinski definition) is 5. The number of rotatable bonds is 9. The number of amides is 2. The molecule has 226 valence electrons. The number of aryl methyl sites for hydroxylation is 1. The Morgan fingerprint density at radius 2 is 1.79 bits per heavy atom. The first-order valence-corrected chi connectivity index (χ1v) is 15.0. The van der Waals surface area contributed by atoms with Crippen LogP contribution in [0, 0.1) is 11.8 Å². The van der Waals surface area contributed by atoms with Gasteiger partial charge in [0.05, 0.1) is 42.6 Å². The van der Waals surface area contributed by atoms with Gasteiger partial charge in [0, 0.05) is 24.1 Å². The molecule has 2 amide bonds. The highest BCUT2D eigenvalue weighted by atomic mass is 16.5. The lowest BCUT2D eigenvalue weighted by Gasteiger charge is -2.05. The third-order valence-electron chi connectivity index (χ3n) is 6.81. The highest BCUT2D eigenvalue weighted by Crippen LogP contribution is 2.24. The SMILES string of the molecule is CCC.COC(=O)NCC(=O)NCCCCc1nc2ccc(C#Cc3ccc(-c4cnc(C5CCCN5)[nH]4)cc3)cc2[nH]1. The predicted molar refractivity (Wildman–Crippen MR) is 168 cm³/mol. The summed E-state index contributed by atoms with van der Waals surface area (Å²) in [5.41, 5.74) is 5.81. The van der Waals surface area contributed by atoms with Gasteiger partial charge in [0.2, 0.25) is 5.91 Å². The Balaban J connectivity index is 0.00000135. The molecule has 1 fully saturated rings. The minimum Gasteiger partial charge on any atom is -0.453 e. The second-order valence-electron chi connectivity index (χ2n) is 10.4. The molecule has 2 aromatic carbocycles. The summed E-state index contributed by atoms with van der Waals surface area (Å²) in [6, 6.07) is 14.5. The zero-order valence-electron chi connectivity index (χ0n) is 25.2. The van der Waals surface area contributed by atoms with Gasteiger partial charge in [-0.15, -0.1) is 0 Å². The zero-order valence-corrected chi connectivity index (χ0v) is 25.2. The number of carbonyl (C=O) groups excluding carboxylic acids is 2. The number of methoxy groups -OCH3 is 1. The second-order valence-corrected chi connectivity index (χ2v) is 10.4. The number of H-pyrrole nitrogens is 2. The van der Waals surface area contributed by atoms with E-state index in [9.17, 15) is 9.59 Å². The molecular formula is C33H41N7O3. The van der Waals surface area contributed by atoms with Crippen molar-refractivity contribution in [1.82, 2.24) is 35.9 Å². The number of benzene rings is 2. The average molecular weight is 584 g/mol. The molecule has 0 bridgehead atoms. The smallest absolute Gasteiger partial charge is 0.407 e. The molecule has 0 radical (unpaired) electrons. The number of imidazole rings is 2. The van der Waals surface area contributed by atoms with Crippen LogP contribution in [0.1, 0.15) is 74.8 Å². The number of nitrogens with one attached hydrogen (secondary N) is 5. The van der Waals surface area contributed by atoms with Crippen LogP contribution in [0.4, 0.5) is 4.79 Å². The molecule has 0 aliphatic carbocycles. The molecule has 0 spiro atoms. The van der Waals surface area contributed by atoms with Gasteiger partial charge in [0.1, 0.15) is 11.6 Å². The quantitative estimate of drug-likeness (QED) is 0.139. The average Bonchev–Trinajstić information content (AvgIpc) is 3.80. The number of aromatic nitrogens is 4. The lowest BCUT2D eigenvalue weighted by Crippen LogP contribution is -2.37. The van der Waals surface area contributed by atoms with Crippen molar-refractivity contribution in [3.05, 3.63) is 71.4 Å². The van der Waals surface area contributed by atoms with Crippen LogP contribution in [0.3, 0.4) is 0 Å². The van der Waals surface area contributed by atoms with Crippen molar-refractivity contribution in [2.24, 2.45) is 0 Å². The third kappa shape index (κ3) is 9.45. The van der Waals surface area contributed by atoms with Gasteiger partial charge < -0.3 is 30.7 Å². The molecule has 0 saturated carbocycles. The van der Waals surface area contributed by atoms with E-state index in [2.05, 4.69) is 78.4 Å². The molecule has 1 aliphatic heterocycles. The van der Waals surface area contributed by atoms with Gasteiger partial charge in [0.25, 0.3) is 0 Å². The maximum atomic E-state index is 11.7. The molecule has 5 rings (SSSR count). The molecule has 10 nitrogen and oxygen atoms in total. The molecule has 1 unspecified atom stereocenters. The Bertz CT molecular complexity index is 1540. The van der Waals surface area contributed by atoms with E-state index >= 15 is 0 Å². The summed E-state index contributed by atoms with van der Waals surface area (Å²) in [4.78, 5) is 38.7. The van der Waals surface area contributed by atoms with Crippen molar-refractivity contribution < 1.29 is 14.3 Å². The fourth-order valence-corrected chi connectivity index (χ4v) is 4.65. The summed E-state index contributed by atoms with van der Waals surface area (Å²) < 4.78 is 4.44. The van der Waals surface area contributed by atoms with Crippen LogP contribution in [0.2, 0.25) is 0 Å². The van der Waals surface area contributed by atoms with Crippen LogP contribution in [-0.4, -0.2) is 58.7 Å². The van der Waals surface area contributed by atoms with Crippen LogP contribution in [0.5, 0.6) is 0 Å². The largest absolute Gasteiger partial charge is 0.453 e. The molecule has 4 aromatic rings. The number of nitrogens with zero attached hydrogens (tertiary/aromatic N) is 2. The van der Waals surface area contributed by atoms with Crippen molar-refractivity contribution in [2.75, 3.05) is 26.7 Å². The molecule has 1 atom stereocenters. The Morgan fingerprint density at radius 1 is 1.02 bits per heavy atom. The molecule has 3 heterocycles. The number of ether oxygens (including phenoxy) is 1. The number of alkyl carbamates (subject to hydrolysis) is 1. The maximum absolute atomic E-state index is 11.7. The number of aromatic amines is 2. The highest BCUT2D eigenvalue weighted by Gasteiger charge is 2.19. The summed E-state index contributed by atoms with van der Waals surface area (Å²) in [6.45, 7) is 5.73. The standard InChI is InChI=1S/C30H33N7O3.C3H8/c1-40-30(39)34-19-28(38)32-15-3-2-6-27-35-23-14-11-21(17-25(23)36-27)8-7-20-9-12-22(13-10-20)26-18-33-29(37-26)24-5-4-16-31-24;1-3-2/h9-14,17-18,24,31H,2-6,15-16,19H2,1H3,(H,32,38)(H,33,37)(H,34,39)(H,35,36);3H2,1-2H3. The van der Waals surface area contributed by atoms with Crippen molar-refractivity contribution in [2.45, 2.75) is 58.4 Å². The number of unbranched alkanes of at least 4 members (excludes halogenated alkanes) is 1. The summed E-state index contributed by atoms with van der Waals surface area (Å²) in [7, 11) is 1.26. The van der Waals surface area contributed by atoms with E-state index in [1.54, 1.807) is 0 Å². The fourth-order valence-electron chi connectivity index (χ4n) is 4.65. The van der Waals surface area contributed by atoms with Gasteiger partial charge >= 0.3 is 6.09 Å². The molecule has 2 aromatic heterocycles. The highest BCUT2D eigenvalue weighted by molar-refractivity contribution is 5.82. The molecule has 10 heteroatoms. The topological polar surface area (TPSA) is 137 Å². The second kappa shape index (κ2) is 16.1. The predicted octanol–water partition coefficient (Wildman–Crippen LogP) is 4.99. The van der Waals surface area contributed by atoms with Crippen LogP contribution >= 0.6 is 0 Å². The van der Waals surface area contributed by atoms with Crippen LogP contribution < -0.4 is 16.0 Å². The van der Waals surface area contributed by atoms with Crippen molar-refractivity contribution >= 4 is 23.0 Å².